The van der Waals surface area contributed by atoms with Crippen LogP contribution in [0.3, 0.4) is 0 Å². The van der Waals surface area contributed by atoms with Crippen molar-refractivity contribution in [3.8, 4) is 28.5 Å². The van der Waals surface area contributed by atoms with Crippen molar-refractivity contribution in [3.05, 3.63) is 101 Å². The fraction of sp³-hybridized carbons (Fsp3) is 0.143. The van der Waals surface area contributed by atoms with E-state index in [2.05, 4.69) is 29.7 Å². The van der Waals surface area contributed by atoms with E-state index < -0.39 is 0 Å². The minimum Gasteiger partial charge on any atom is -0.324 e. The molecule has 32 heavy (non-hydrogen) atoms. The number of rotatable bonds is 7. The molecule has 0 aliphatic carbocycles. The van der Waals surface area contributed by atoms with Gasteiger partial charge in [-0.05, 0) is 23.6 Å². The summed E-state index contributed by atoms with van der Waals surface area (Å²) in [4.78, 5) is 4.82. The molecule has 0 saturated heterocycles. The van der Waals surface area contributed by atoms with Gasteiger partial charge in [0.2, 0.25) is 0 Å². The van der Waals surface area contributed by atoms with Crippen LogP contribution in [0.25, 0.3) is 22.4 Å². The maximum absolute atomic E-state index is 10.3. The molecule has 0 aliphatic rings. The topological polar surface area (TPSA) is 41.1 Å². The molecule has 0 saturated carbocycles. The normalized spacial score (nSPS) is 11.0. The van der Waals surface area contributed by atoms with E-state index in [-0.39, 0.29) is 0 Å². The van der Waals surface area contributed by atoms with Crippen molar-refractivity contribution in [2.45, 2.75) is 26.3 Å². The summed E-state index contributed by atoms with van der Waals surface area (Å²) in [6, 6.07) is 30.4. The van der Waals surface area contributed by atoms with Gasteiger partial charge < -0.3 is 4.57 Å². The van der Waals surface area contributed by atoms with Crippen molar-refractivity contribution in [1.29, 1.82) is 5.26 Å². The number of nitriles is 1. The molecule has 1 heterocycles. The van der Waals surface area contributed by atoms with Gasteiger partial charge in [0.05, 0.1) is 5.69 Å². The van der Waals surface area contributed by atoms with E-state index in [9.17, 15) is 5.26 Å². The molecule has 0 spiro atoms. The van der Waals surface area contributed by atoms with Crippen LogP contribution < -0.4 is 0 Å². The van der Waals surface area contributed by atoms with Crippen LogP contribution in [0.1, 0.15) is 30.9 Å². The lowest BCUT2D eigenvalue weighted by atomic mass is 9.98. The first kappa shape index (κ1) is 21.6. The molecule has 0 unspecified atom stereocenters. The van der Waals surface area contributed by atoms with Gasteiger partial charge in [0, 0.05) is 28.9 Å². The van der Waals surface area contributed by atoms with Crippen LogP contribution in [0.2, 0.25) is 5.02 Å². The van der Waals surface area contributed by atoms with Gasteiger partial charge >= 0.3 is 0 Å². The van der Waals surface area contributed by atoms with Gasteiger partial charge in [0.1, 0.15) is 11.6 Å². The summed E-state index contributed by atoms with van der Waals surface area (Å²) >= 11 is 6.35. The minimum absolute atomic E-state index is 0.578. The van der Waals surface area contributed by atoms with Crippen LogP contribution >= 0.6 is 11.6 Å². The van der Waals surface area contributed by atoms with Crippen molar-refractivity contribution in [3.63, 3.8) is 0 Å². The zero-order chi connectivity index (χ0) is 22.3. The SMILES string of the molecule is CCCCn1c(N=Cc2ccccc2Cl)c(C#N)c(-c2ccccc2)c1-c1ccccc1. The molecule has 158 valence electrons. The largest absolute Gasteiger partial charge is 0.324 e. The predicted octanol–water partition coefficient (Wildman–Crippen LogP) is 7.90. The van der Waals surface area contributed by atoms with Gasteiger partial charge in [-0.1, -0.05) is 104 Å². The molecule has 3 aromatic carbocycles. The van der Waals surface area contributed by atoms with Gasteiger partial charge in [0.25, 0.3) is 0 Å². The number of hydrogen-bond donors (Lipinski definition) is 0. The molecule has 0 bridgehead atoms. The second-order valence-corrected chi connectivity index (χ2v) is 7.96. The van der Waals surface area contributed by atoms with Crippen molar-refractivity contribution in [2.75, 3.05) is 0 Å². The Labute approximate surface area is 194 Å². The molecule has 4 aromatic rings. The van der Waals surface area contributed by atoms with Crippen molar-refractivity contribution >= 4 is 23.6 Å². The number of nitrogens with zero attached hydrogens (tertiary/aromatic N) is 3. The summed E-state index contributed by atoms with van der Waals surface area (Å²) in [5, 5.41) is 10.9. The molecule has 0 aliphatic heterocycles. The zero-order valence-corrected chi connectivity index (χ0v) is 18.8. The Morgan fingerprint density at radius 3 is 2.16 bits per heavy atom. The van der Waals surface area contributed by atoms with Gasteiger partial charge in [0.15, 0.2) is 5.82 Å². The molecule has 0 amide bonds. The average Bonchev–Trinajstić information content (AvgIpc) is 3.16. The third-order valence-electron chi connectivity index (χ3n) is 5.42. The van der Waals surface area contributed by atoms with Gasteiger partial charge in [-0.3, -0.25) is 0 Å². The van der Waals surface area contributed by atoms with Crippen LogP contribution in [0.15, 0.2) is 89.9 Å². The van der Waals surface area contributed by atoms with E-state index in [0.717, 1.165) is 47.3 Å². The van der Waals surface area contributed by atoms with Crippen molar-refractivity contribution < 1.29 is 0 Å². The Morgan fingerprint density at radius 2 is 1.53 bits per heavy atom. The molecular weight excluding hydrogens is 414 g/mol. The highest BCUT2D eigenvalue weighted by Crippen LogP contribution is 2.43. The zero-order valence-electron chi connectivity index (χ0n) is 18.0. The number of aromatic nitrogens is 1. The fourth-order valence-electron chi connectivity index (χ4n) is 3.87. The third kappa shape index (κ3) is 4.37. The first-order valence-electron chi connectivity index (χ1n) is 10.8. The summed E-state index contributed by atoms with van der Waals surface area (Å²) in [5.41, 5.74) is 5.42. The lowest BCUT2D eigenvalue weighted by molar-refractivity contribution is 0.642. The Balaban J connectivity index is 2.01. The molecule has 0 N–H and O–H groups in total. The summed E-state index contributed by atoms with van der Waals surface area (Å²) in [6.45, 7) is 2.94. The average molecular weight is 438 g/mol. The molecule has 4 heteroatoms. The van der Waals surface area contributed by atoms with Gasteiger partial charge in [-0.15, -0.1) is 0 Å². The van der Waals surface area contributed by atoms with E-state index in [1.54, 1.807) is 6.21 Å². The minimum atomic E-state index is 0.578. The molecule has 3 nitrogen and oxygen atoms in total. The smallest absolute Gasteiger partial charge is 0.151 e. The highest BCUT2D eigenvalue weighted by Gasteiger charge is 2.24. The highest BCUT2D eigenvalue weighted by molar-refractivity contribution is 6.33. The first-order chi connectivity index (χ1) is 15.7. The summed E-state index contributed by atoms with van der Waals surface area (Å²) in [7, 11) is 0. The number of benzene rings is 3. The standard InChI is InChI=1S/C28H24ClN3/c1-2-3-18-32-27(22-14-8-5-9-15-22)26(21-12-6-4-7-13-21)24(19-30)28(32)31-20-23-16-10-11-17-25(23)29/h4-17,20H,2-3,18H2,1H3. The van der Waals surface area contributed by atoms with E-state index in [1.165, 1.54) is 0 Å². The molecule has 4 rings (SSSR count). The number of halogens is 1. The van der Waals surface area contributed by atoms with Crippen molar-refractivity contribution in [1.82, 2.24) is 4.57 Å². The highest BCUT2D eigenvalue weighted by atomic mass is 35.5. The van der Waals surface area contributed by atoms with E-state index in [1.807, 2.05) is 72.8 Å². The molecule has 0 atom stereocenters. The first-order valence-corrected chi connectivity index (χ1v) is 11.2. The van der Waals surface area contributed by atoms with Crippen LogP contribution in [-0.2, 0) is 6.54 Å². The van der Waals surface area contributed by atoms with Crippen molar-refractivity contribution in [2.24, 2.45) is 4.99 Å². The van der Waals surface area contributed by atoms with Gasteiger partial charge in [-0.25, -0.2) is 4.99 Å². The van der Waals surface area contributed by atoms with Crippen LogP contribution in [-0.4, -0.2) is 10.8 Å². The lowest BCUT2D eigenvalue weighted by Crippen LogP contribution is -2.00. The molecule has 0 radical (unpaired) electrons. The monoisotopic (exact) mass is 437 g/mol. The Hall–Kier alpha value is -3.61. The van der Waals surface area contributed by atoms with Crippen LogP contribution in [0.4, 0.5) is 5.82 Å². The third-order valence-corrected chi connectivity index (χ3v) is 5.77. The fourth-order valence-corrected chi connectivity index (χ4v) is 4.06. The number of hydrogen-bond acceptors (Lipinski definition) is 2. The van der Waals surface area contributed by atoms with Crippen LogP contribution in [0.5, 0.6) is 0 Å². The summed E-state index contributed by atoms with van der Waals surface area (Å²) in [6.07, 6.45) is 3.79. The quantitative estimate of drug-likeness (QED) is 0.271. The summed E-state index contributed by atoms with van der Waals surface area (Å²) in [5.74, 6) is 0.665. The lowest BCUT2D eigenvalue weighted by Gasteiger charge is -2.13. The van der Waals surface area contributed by atoms with Crippen LogP contribution in [0, 0.1) is 11.3 Å². The number of aliphatic imine (C=N–C) groups is 1. The Kier molecular flexibility index (Phi) is 6.84. The maximum atomic E-state index is 10.3. The van der Waals surface area contributed by atoms with E-state index in [4.69, 9.17) is 16.6 Å². The second-order valence-electron chi connectivity index (χ2n) is 7.55. The number of unbranched alkanes of at least 4 members (excludes halogenated alkanes) is 1. The maximum Gasteiger partial charge on any atom is 0.151 e. The Morgan fingerprint density at radius 1 is 0.906 bits per heavy atom. The van der Waals surface area contributed by atoms with Gasteiger partial charge in [-0.2, -0.15) is 5.26 Å². The second kappa shape index (κ2) is 10.1. The van der Waals surface area contributed by atoms with E-state index >= 15 is 0 Å². The Bertz CT molecular complexity index is 1270. The molecule has 1 aromatic heterocycles. The summed E-state index contributed by atoms with van der Waals surface area (Å²) < 4.78 is 2.19. The van der Waals surface area contributed by atoms with E-state index in [0.29, 0.717) is 16.4 Å². The molecular formula is C28H24ClN3. The predicted molar refractivity (Wildman–Crippen MR) is 134 cm³/mol. The molecule has 0 fully saturated rings.